The van der Waals surface area contributed by atoms with Gasteiger partial charge >= 0.3 is 45.5 Å². The van der Waals surface area contributed by atoms with Crippen molar-refractivity contribution in [1.29, 1.82) is 0 Å². The molecule has 0 aliphatic heterocycles. The normalized spacial score (nSPS) is 3.60. The Morgan fingerprint density at radius 3 is 1.80 bits per heavy atom. The van der Waals surface area contributed by atoms with Gasteiger partial charge in [0.2, 0.25) is 0 Å². The van der Waals surface area contributed by atoms with Gasteiger partial charge in [0, 0.05) is 29.0 Å². The summed E-state index contributed by atoms with van der Waals surface area (Å²) in [4.78, 5) is 0. The van der Waals surface area contributed by atoms with E-state index in [1.165, 1.54) is 0 Å². The fraction of sp³-hybridized carbons (Fsp3) is 1.00. The van der Waals surface area contributed by atoms with Crippen LogP contribution in [0.5, 0.6) is 0 Å². The van der Waals surface area contributed by atoms with Gasteiger partial charge in [0.25, 0.3) is 0 Å². The fourth-order valence-corrected chi connectivity index (χ4v) is 0. The van der Waals surface area contributed by atoms with Crippen LogP contribution in [-0.4, -0.2) is 57.2 Å². The molecular formula is C2H8OSrTa. The van der Waals surface area contributed by atoms with Gasteiger partial charge in [-0.15, -0.1) is 0 Å². The van der Waals surface area contributed by atoms with Crippen LogP contribution in [-0.2, 0) is 22.4 Å². The van der Waals surface area contributed by atoms with E-state index >= 15 is 0 Å². The maximum atomic E-state index is 7.57. The fourth-order valence-electron chi connectivity index (χ4n) is 0. The van der Waals surface area contributed by atoms with Crippen LogP contribution in [0.3, 0.4) is 0 Å². The van der Waals surface area contributed by atoms with Gasteiger partial charge in [-0.25, -0.2) is 0 Å². The molecule has 0 saturated carbocycles. The first-order valence-corrected chi connectivity index (χ1v) is 1.02. The van der Waals surface area contributed by atoms with E-state index in [4.69, 9.17) is 5.11 Å². The predicted octanol–water partition coefficient (Wildman–Crippen LogP) is -0.160. The summed E-state index contributed by atoms with van der Waals surface area (Å²) in [5, 5.41) is 7.57. The van der Waals surface area contributed by atoms with Crippen molar-refractivity contribution in [2.75, 3.05) is 6.61 Å². The number of hydrogen-bond donors (Lipinski definition) is 1. The maximum absolute atomic E-state index is 7.57. The first-order chi connectivity index (χ1) is 1.41. The van der Waals surface area contributed by atoms with Gasteiger partial charge < -0.3 is 7.96 Å². The minimum absolute atomic E-state index is 0. The summed E-state index contributed by atoms with van der Waals surface area (Å²) in [6.07, 6.45) is 0. The van der Waals surface area contributed by atoms with E-state index in [0.29, 0.717) is 0 Å². The first-order valence-electron chi connectivity index (χ1n) is 1.02. The molecule has 0 aliphatic rings. The molecular weight excluding hydrogens is 309 g/mol. The topological polar surface area (TPSA) is 20.2 Å². The Labute approximate surface area is 87.9 Å². The summed E-state index contributed by atoms with van der Waals surface area (Å²) in [5.41, 5.74) is 0. The smallest absolute Gasteiger partial charge is 1.00 e. The van der Waals surface area contributed by atoms with Crippen molar-refractivity contribution < 1.29 is 30.3 Å². The third-order valence-corrected chi connectivity index (χ3v) is 0. The second kappa shape index (κ2) is 16.4. The predicted molar refractivity (Wildman–Crippen MR) is 20.7 cm³/mol. The Balaban J connectivity index is -0.00000000333. The third kappa shape index (κ3) is 22.7. The van der Waals surface area contributed by atoms with Crippen molar-refractivity contribution in [1.82, 2.24) is 0 Å². The Kier molecular flexibility index (Phi) is 51.5. The van der Waals surface area contributed by atoms with Crippen molar-refractivity contribution in [2.24, 2.45) is 0 Å². The summed E-state index contributed by atoms with van der Waals surface area (Å²) in [6, 6.07) is 0. The minimum Gasteiger partial charge on any atom is -1.00 e. The van der Waals surface area contributed by atoms with Crippen molar-refractivity contribution in [2.45, 2.75) is 6.92 Å². The Bertz CT molecular complexity index is 15.7. The molecule has 0 aromatic carbocycles. The molecule has 3 heteroatoms. The number of hydrogen-bond acceptors (Lipinski definition) is 1. The van der Waals surface area contributed by atoms with E-state index in [9.17, 15) is 0 Å². The molecule has 1 nitrogen and oxygen atoms in total. The average Bonchev–Trinajstić information content (AvgIpc) is 0.918. The first kappa shape index (κ1) is 15.7. The molecule has 0 heterocycles. The van der Waals surface area contributed by atoms with Crippen LogP contribution in [0, 0.1) is 0 Å². The molecule has 1 radical (unpaired) electrons. The van der Waals surface area contributed by atoms with E-state index in [-0.39, 0.29) is 77.3 Å². The number of aliphatic hydroxyl groups is 1. The van der Waals surface area contributed by atoms with E-state index in [0.717, 1.165) is 0 Å². The molecule has 0 unspecified atom stereocenters. The van der Waals surface area contributed by atoms with Gasteiger partial charge in [-0.2, -0.15) is 0 Å². The second-order valence-electron chi connectivity index (χ2n) is 0.316. The van der Waals surface area contributed by atoms with Crippen LogP contribution in [0.15, 0.2) is 0 Å². The van der Waals surface area contributed by atoms with Crippen molar-refractivity contribution in [3.8, 4) is 0 Å². The molecule has 0 aromatic heterocycles. The molecule has 0 fully saturated rings. The Morgan fingerprint density at radius 1 is 1.80 bits per heavy atom. The monoisotopic (exact) mass is 317 g/mol. The SMILES string of the molecule is CCO.[H-].[H-].[Sr+2].[Ta]. The molecule has 0 aromatic rings. The van der Waals surface area contributed by atoms with E-state index in [1.807, 2.05) is 0 Å². The van der Waals surface area contributed by atoms with Crippen LogP contribution in [0.1, 0.15) is 9.78 Å². The van der Waals surface area contributed by atoms with Gasteiger partial charge in [-0.05, 0) is 6.92 Å². The minimum atomic E-state index is 0. The van der Waals surface area contributed by atoms with Crippen LogP contribution in [0.4, 0.5) is 0 Å². The van der Waals surface area contributed by atoms with E-state index in [1.54, 1.807) is 6.92 Å². The number of aliphatic hydroxyl groups excluding tert-OH is 1. The van der Waals surface area contributed by atoms with Crippen LogP contribution in [0.25, 0.3) is 0 Å². The maximum Gasteiger partial charge on any atom is 2.00 e. The summed E-state index contributed by atoms with van der Waals surface area (Å²) in [6.45, 7) is 1.93. The molecule has 0 aliphatic carbocycles. The third-order valence-electron chi connectivity index (χ3n) is 0. The summed E-state index contributed by atoms with van der Waals surface area (Å²) < 4.78 is 0. The molecule has 0 saturated heterocycles. The zero-order valence-electron chi connectivity index (χ0n) is 5.31. The van der Waals surface area contributed by atoms with Gasteiger partial charge in [0.15, 0.2) is 0 Å². The summed E-state index contributed by atoms with van der Waals surface area (Å²) in [7, 11) is 0. The summed E-state index contributed by atoms with van der Waals surface area (Å²) in [5.74, 6) is 0. The van der Waals surface area contributed by atoms with Gasteiger partial charge in [-0.3, -0.25) is 0 Å². The molecule has 0 spiro atoms. The summed E-state index contributed by atoms with van der Waals surface area (Å²) >= 11 is 0. The van der Waals surface area contributed by atoms with Crippen molar-refractivity contribution >= 4 is 45.5 Å². The zero-order chi connectivity index (χ0) is 2.71. The molecule has 0 rings (SSSR count). The molecule has 1 N–H and O–H groups in total. The van der Waals surface area contributed by atoms with Gasteiger partial charge in [0.1, 0.15) is 0 Å². The van der Waals surface area contributed by atoms with Crippen LogP contribution < -0.4 is 0 Å². The van der Waals surface area contributed by atoms with Crippen LogP contribution in [0.2, 0.25) is 0 Å². The average molecular weight is 317 g/mol. The number of rotatable bonds is 0. The van der Waals surface area contributed by atoms with Crippen LogP contribution >= 0.6 is 0 Å². The van der Waals surface area contributed by atoms with E-state index < -0.39 is 0 Å². The van der Waals surface area contributed by atoms with Gasteiger partial charge in [0.05, 0.1) is 0 Å². The zero-order valence-corrected chi connectivity index (χ0v) is 10.00. The molecule has 0 bridgehead atoms. The van der Waals surface area contributed by atoms with Gasteiger partial charge in [-0.1, -0.05) is 0 Å². The Hall–Kier alpha value is 2.18. The molecule has 0 atom stereocenters. The van der Waals surface area contributed by atoms with Crippen molar-refractivity contribution in [3.63, 3.8) is 0 Å². The van der Waals surface area contributed by atoms with Crippen molar-refractivity contribution in [3.05, 3.63) is 0 Å². The molecule has 29 valence electrons. The van der Waals surface area contributed by atoms with E-state index in [2.05, 4.69) is 0 Å². The molecule has 0 amide bonds. The standard InChI is InChI=1S/C2H6O.Sr.Ta.2H/c1-2-3;;;;/h3H,2H2,1H3;;;;/q;+2;;2*-1. The quantitative estimate of drug-likeness (QED) is 0.616. The second-order valence-corrected chi connectivity index (χ2v) is 0.316. The largest absolute Gasteiger partial charge is 2.00 e. The Morgan fingerprint density at radius 2 is 1.80 bits per heavy atom. The molecule has 5 heavy (non-hydrogen) atoms.